The molecule has 26 rings (SSSR count). The zero-order valence-electron chi connectivity index (χ0n) is 74.3. The Bertz CT molecular complexity index is 8360. The molecule has 0 aliphatic heterocycles. The number of hydrogen-bond acceptors (Lipinski definition) is 2. The van der Waals surface area contributed by atoms with Gasteiger partial charge in [0.2, 0.25) is 0 Å². The van der Waals surface area contributed by atoms with E-state index in [0.29, 0.717) is 0 Å². The summed E-state index contributed by atoms with van der Waals surface area (Å²) < 4.78 is 4.79. The Hall–Kier alpha value is -17.2. The van der Waals surface area contributed by atoms with Gasteiger partial charge in [-0.15, -0.1) is 0 Å². The van der Waals surface area contributed by atoms with Crippen LogP contribution in [-0.4, -0.2) is 9.13 Å². The number of nitrogens with zero attached hydrogens (tertiary/aromatic N) is 4. The first-order valence-electron chi connectivity index (χ1n) is 46.5. The third-order valence-corrected chi connectivity index (χ3v) is 28.4. The summed E-state index contributed by atoms with van der Waals surface area (Å²) in [4.78, 5) is 4.92. The molecule has 630 valence electrons. The van der Waals surface area contributed by atoms with Gasteiger partial charge >= 0.3 is 0 Å². The fraction of sp³-hybridized carbons (Fsp3) is 0.0308. The molecule has 0 amide bonds. The number of para-hydroxylation sites is 4. The van der Waals surface area contributed by atoms with Crippen molar-refractivity contribution in [3.63, 3.8) is 0 Å². The minimum atomic E-state index is -0.400. The highest BCUT2D eigenvalue weighted by molar-refractivity contribution is 6.12. The molecule has 0 fully saturated rings. The molecule has 4 heteroatoms. The zero-order valence-corrected chi connectivity index (χ0v) is 74.3. The van der Waals surface area contributed by atoms with Gasteiger partial charge in [0, 0.05) is 72.2 Å². The van der Waals surface area contributed by atoms with Gasteiger partial charge in [-0.2, -0.15) is 0 Å². The summed E-state index contributed by atoms with van der Waals surface area (Å²) in [5.74, 6) is 0. The SMILES string of the molecule is CC1(C)c2ccccc2-c2ccc(N(c3cccc(-n4c5ccccc5c5ccccc54)c3)c3ccc(-c4ccc(-c5ccccc5)cc4)cc3-c3ccccc3)cc21.c1ccc(-c2ccc(-c3ccccc3)c(N(c3ccc(-c4ccc5c(c4)C4(c6ccccc6-c6ccccc64)c4ccccc4-5)cc3)c3ccc(-c4ccc5c(c4)c4ccccc4n5-c4ccccc4)cc3)c2)cc1. The van der Waals surface area contributed by atoms with Crippen LogP contribution in [0.2, 0.25) is 0 Å². The molecule has 0 N–H and O–H groups in total. The highest BCUT2D eigenvalue weighted by Crippen LogP contribution is 2.64. The third kappa shape index (κ3) is 13.1. The Labute approximate surface area is 781 Å². The predicted octanol–water partition coefficient (Wildman–Crippen LogP) is 34.8. The molecule has 4 nitrogen and oxygen atoms in total. The predicted molar refractivity (Wildman–Crippen MR) is 563 cm³/mol. The second-order valence-corrected chi connectivity index (χ2v) is 36.1. The van der Waals surface area contributed by atoms with Crippen molar-refractivity contribution >= 4 is 77.7 Å². The summed E-state index contributed by atoms with van der Waals surface area (Å²) in [5.41, 5.74) is 45.7. The molecular weight excluding hydrogens is 1620 g/mol. The van der Waals surface area contributed by atoms with Crippen LogP contribution in [0.5, 0.6) is 0 Å². The zero-order chi connectivity index (χ0) is 89.0. The van der Waals surface area contributed by atoms with E-state index < -0.39 is 5.41 Å². The fourth-order valence-corrected chi connectivity index (χ4v) is 22.2. The van der Waals surface area contributed by atoms with Crippen LogP contribution in [0.3, 0.4) is 0 Å². The maximum atomic E-state index is 2.48. The molecule has 3 aliphatic carbocycles. The molecule has 0 saturated heterocycles. The molecule has 0 saturated carbocycles. The van der Waals surface area contributed by atoms with Gasteiger partial charge in [0.25, 0.3) is 0 Å². The minimum Gasteiger partial charge on any atom is -0.310 e. The molecule has 0 unspecified atom stereocenters. The third-order valence-electron chi connectivity index (χ3n) is 28.4. The number of rotatable bonds is 15. The first-order valence-corrected chi connectivity index (χ1v) is 46.5. The van der Waals surface area contributed by atoms with E-state index in [2.05, 4.69) is 542 Å². The van der Waals surface area contributed by atoms with E-state index in [4.69, 9.17) is 0 Å². The second kappa shape index (κ2) is 32.5. The quantitative estimate of drug-likeness (QED) is 0.102. The van der Waals surface area contributed by atoms with E-state index in [1.807, 2.05) is 0 Å². The van der Waals surface area contributed by atoms with Gasteiger partial charge in [-0.1, -0.05) is 402 Å². The number of fused-ring (bicyclic) bond motifs is 19. The highest BCUT2D eigenvalue weighted by atomic mass is 15.2. The van der Waals surface area contributed by atoms with Crippen molar-refractivity contribution in [3.05, 3.63) is 543 Å². The molecule has 2 heterocycles. The van der Waals surface area contributed by atoms with Gasteiger partial charge in [0.15, 0.2) is 0 Å². The van der Waals surface area contributed by atoms with Crippen molar-refractivity contribution in [1.29, 1.82) is 0 Å². The van der Waals surface area contributed by atoms with Crippen LogP contribution >= 0.6 is 0 Å². The van der Waals surface area contributed by atoms with Gasteiger partial charge < -0.3 is 18.9 Å². The molecule has 2 aromatic heterocycles. The van der Waals surface area contributed by atoms with E-state index in [1.54, 1.807) is 0 Å². The topological polar surface area (TPSA) is 16.3 Å². The average molecular weight is 1710 g/mol. The van der Waals surface area contributed by atoms with Crippen molar-refractivity contribution in [1.82, 2.24) is 9.13 Å². The van der Waals surface area contributed by atoms with E-state index >= 15 is 0 Å². The fourth-order valence-electron chi connectivity index (χ4n) is 22.2. The molecule has 0 bridgehead atoms. The van der Waals surface area contributed by atoms with Gasteiger partial charge in [0.05, 0.1) is 38.9 Å². The van der Waals surface area contributed by atoms with E-state index in [-0.39, 0.29) is 5.41 Å². The molecule has 21 aromatic carbocycles. The molecular formula is C130H90N4. The molecule has 3 aliphatic rings. The Kier molecular flexibility index (Phi) is 19.2. The number of benzene rings is 21. The molecule has 0 atom stereocenters. The smallest absolute Gasteiger partial charge is 0.0725 e. The van der Waals surface area contributed by atoms with Crippen LogP contribution in [0.15, 0.2) is 510 Å². The summed E-state index contributed by atoms with van der Waals surface area (Å²) in [6.45, 7) is 4.73. The highest BCUT2D eigenvalue weighted by Gasteiger charge is 2.52. The first kappa shape index (κ1) is 79.0. The van der Waals surface area contributed by atoms with Crippen LogP contribution in [0.4, 0.5) is 34.1 Å². The standard InChI is InChI=1S/C73H48N2.C57H42N2/c1-4-18-49(19-5-1)55-36-43-59(52-20-6-2-7-21-52)72(48-55)74(57-39-32-50(33-40-57)53-38-45-71-65(46-53)64-27-13-17-31-70(64)75(71)56-22-8-3-9-23-56)58-41-34-51(35-42-58)54-37-44-63-62-26-12-16-30-68(62)73(69(63)47-54)66-28-14-10-24-60(66)61-25-11-15-29-67(61)73;1-57(2)52-25-12-9-22-47(52)48-34-33-46(38-53(48)57)58(44-20-15-21-45(37-44)59-54-26-13-10-23-49(54)50-24-11-14-27-55(50)59)56-35-32-43(36-51(56)42-18-7-4-8-19-42)41-30-28-40(29-31-41)39-16-5-3-6-17-39/h1-48H;3-38H,1-2H3. The monoisotopic (exact) mass is 1710 g/mol. The van der Waals surface area contributed by atoms with E-state index in [1.165, 1.54) is 166 Å². The Morgan fingerprint density at radius 3 is 1.04 bits per heavy atom. The largest absolute Gasteiger partial charge is 0.310 e. The lowest BCUT2D eigenvalue weighted by Crippen LogP contribution is -2.25. The maximum absolute atomic E-state index is 2.48. The van der Waals surface area contributed by atoms with Crippen molar-refractivity contribution in [3.8, 4) is 123 Å². The lowest BCUT2D eigenvalue weighted by Gasteiger charge is -2.30. The lowest BCUT2D eigenvalue weighted by atomic mass is 9.70. The normalized spacial score (nSPS) is 12.7. The first-order chi connectivity index (χ1) is 66.2. The molecule has 1 spiro atoms. The van der Waals surface area contributed by atoms with Crippen molar-refractivity contribution in [2.75, 3.05) is 9.80 Å². The van der Waals surface area contributed by atoms with Gasteiger partial charge in [0.1, 0.15) is 0 Å². The number of aromatic nitrogens is 2. The van der Waals surface area contributed by atoms with Gasteiger partial charge in [-0.25, -0.2) is 0 Å². The average Bonchev–Trinajstić information content (AvgIpc) is 1.51. The molecule has 23 aromatic rings. The number of anilines is 6. The Morgan fingerprint density at radius 2 is 0.493 bits per heavy atom. The molecule has 0 radical (unpaired) electrons. The summed E-state index contributed by atoms with van der Waals surface area (Å²) >= 11 is 0. The van der Waals surface area contributed by atoms with Crippen LogP contribution in [0.1, 0.15) is 47.2 Å². The lowest BCUT2D eigenvalue weighted by molar-refractivity contribution is 0.660. The van der Waals surface area contributed by atoms with Crippen LogP contribution in [-0.2, 0) is 10.8 Å². The van der Waals surface area contributed by atoms with Crippen molar-refractivity contribution in [2.24, 2.45) is 0 Å². The number of hydrogen-bond donors (Lipinski definition) is 0. The Balaban J connectivity index is 0.000000148. The van der Waals surface area contributed by atoms with Crippen LogP contribution < -0.4 is 9.80 Å². The Morgan fingerprint density at radius 1 is 0.164 bits per heavy atom. The van der Waals surface area contributed by atoms with Gasteiger partial charge in [-0.3, -0.25) is 0 Å². The maximum Gasteiger partial charge on any atom is 0.0725 e. The van der Waals surface area contributed by atoms with Crippen molar-refractivity contribution < 1.29 is 0 Å². The van der Waals surface area contributed by atoms with E-state index in [0.717, 1.165) is 67.8 Å². The summed E-state index contributed by atoms with van der Waals surface area (Å²) in [7, 11) is 0. The second-order valence-electron chi connectivity index (χ2n) is 36.1. The summed E-state index contributed by atoms with van der Waals surface area (Å²) in [6.07, 6.45) is 0. The summed E-state index contributed by atoms with van der Waals surface area (Å²) in [6, 6.07) is 187. The molecule has 134 heavy (non-hydrogen) atoms. The van der Waals surface area contributed by atoms with E-state index in [9.17, 15) is 0 Å². The van der Waals surface area contributed by atoms with Crippen LogP contribution in [0, 0.1) is 0 Å². The minimum absolute atomic E-state index is 0.142. The van der Waals surface area contributed by atoms with Gasteiger partial charge in [-0.05, 0) is 255 Å². The van der Waals surface area contributed by atoms with Crippen molar-refractivity contribution in [2.45, 2.75) is 24.7 Å². The van der Waals surface area contributed by atoms with Crippen LogP contribution in [0.25, 0.3) is 166 Å². The summed E-state index contributed by atoms with van der Waals surface area (Å²) in [5, 5.41) is 4.99.